The summed E-state index contributed by atoms with van der Waals surface area (Å²) in [6.45, 7) is -0.353. The van der Waals surface area contributed by atoms with Crippen LogP contribution in [0.4, 0.5) is 0 Å². The highest BCUT2D eigenvalue weighted by atomic mass is 16.7. The molecule has 0 amide bonds. The highest BCUT2D eigenvalue weighted by Gasteiger charge is 2.43. The van der Waals surface area contributed by atoms with Gasteiger partial charge in [0.25, 0.3) is 0 Å². The molecule has 1 heterocycles. The molecule has 0 aromatic rings. The summed E-state index contributed by atoms with van der Waals surface area (Å²) >= 11 is 0. The number of carbonyl (C=O) groups excluding carboxylic acids is 1. The van der Waals surface area contributed by atoms with E-state index in [-0.39, 0.29) is 30.6 Å². The number of allylic oxidation sites excluding steroid dienone is 1. The molecule has 1 aliphatic heterocycles. The zero-order chi connectivity index (χ0) is 20.0. The van der Waals surface area contributed by atoms with E-state index in [1.54, 1.807) is 6.08 Å². The Hall–Kier alpha value is -1.36. The predicted molar refractivity (Wildman–Crippen MR) is 91.6 cm³/mol. The molecule has 9 heteroatoms. The molecular weight excluding hydrogens is 360 g/mol. The molecule has 27 heavy (non-hydrogen) atoms. The van der Waals surface area contributed by atoms with Gasteiger partial charge in [-0.1, -0.05) is 12.2 Å². The summed E-state index contributed by atoms with van der Waals surface area (Å²) in [5.74, 6) is -1.17. The first kappa shape index (κ1) is 21.9. The van der Waals surface area contributed by atoms with E-state index < -0.39 is 43.3 Å². The van der Waals surface area contributed by atoms with Crippen LogP contribution >= 0.6 is 0 Å². The Labute approximate surface area is 157 Å². The maximum atomic E-state index is 11.9. The van der Waals surface area contributed by atoms with Crippen molar-refractivity contribution >= 4 is 11.8 Å². The van der Waals surface area contributed by atoms with Crippen LogP contribution in [0.2, 0.25) is 0 Å². The van der Waals surface area contributed by atoms with Gasteiger partial charge in [0, 0.05) is 18.8 Å². The quantitative estimate of drug-likeness (QED) is 0.252. The molecule has 154 valence electrons. The third kappa shape index (κ3) is 5.81. The molecule has 5 N–H and O–H groups in total. The zero-order valence-corrected chi connectivity index (χ0v) is 15.0. The molecular formula is C18H28O9. The van der Waals surface area contributed by atoms with E-state index in [0.29, 0.717) is 25.7 Å². The highest BCUT2D eigenvalue weighted by molar-refractivity contribution is 5.84. The van der Waals surface area contributed by atoms with Crippen molar-refractivity contribution in [3.05, 3.63) is 12.2 Å². The number of ether oxygens (including phenoxy) is 2. The van der Waals surface area contributed by atoms with Gasteiger partial charge in [0.15, 0.2) is 6.29 Å². The molecule has 1 saturated carbocycles. The fourth-order valence-corrected chi connectivity index (χ4v) is 3.59. The lowest BCUT2D eigenvalue weighted by atomic mass is 9.89. The number of ketones is 1. The number of carbonyl (C=O) groups is 2. The number of hydrogen-bond donors (Lipinski definition) is 5. The number of carboxylic acids is 1. The van der Waals surface area contributed by atoms with E-state index in [9.17, 15) is 24.9 Å². The topological polar surface area (TPSA) is 154 Å². The maximum absolute atomic E-state index is 11.9. The van der Waals surface area contributed by atoms with E-state index in [2.05, 4.69) is 0 Å². The fraction of sp³-hybridized carbons (Fsp3) is 0.778. The summed E-state index contributed by atoms with van der Waals surface area (Å²) in [5, 5.41) is 47.3. The van der Waals surface area contributed by atoms with Crippen LogP contribution in [0.25, 0.3) is 0 Å². The van der Waals surface area contributed by atoms with Crippen molar-refractivity contribution in [2.24, 2.45) is 11.8 Å². The number of aliphatic hydroxyl groups excluding tert-OH is 4. The molecule has 2 fully saturated rings. The second-order valence-corrected chi connectivity index (χ2v) is 7.03. The minimum atomic E-state index is -1.48. The molecule has 0 bridgehead atoms. The van der Waals surface area contributed by atoms with Gasteiger partial charge in [0.1, 0.15) is 30.2 Å². The molecule has 1 saturated heterocycles. The predicted octanol–water partition coefficient (Wildman–Crippen LogP) is -0.791. The van der Waals surface area contributed by atoms with E-state index in [0.717, 1.165) is 0 Å². The summed E-state index contributed by atoms with van der Waals surface area (Å²) in [6, 6.07) is 0. The average molecular weight is 388 g/mol. The second kappa shape index (κ2) is 10.3. The van der Waals surface area contributed by atoms with Crippen LogP contribution in [0, 0.1) is 11.8 Å². The monoisotopic (exact) mass is 388 g/mol. The molecule has 0 spiro atoms. The Morgan fingerprint density at radius 3 is 2.59 bits per heavy atom. The summed E-state index contributed by atoms with van der Waals surface area (Å²) in [4.78, 5) is 22.7. The first-order valence-corrected chi connectivity index (χ1v) is 9.16. The molecule has 0 radical (unpaired) electrons. The molecule has 2 aliphatic rings. The Morgan fingerprint density at radius 2 is 1.93 bits per heavy atom. The van der Waals surface area contributed by atoms with Gasteiger partial charge in [-0.25, -0.2) is 0 Å². The van der Waals surface area contributed by atoms with Gasteiger partial charge in [-0.3, -0.25) is 9.59 Å². The minimum Gasteiger partial charge on any atom is -0.481 e. The van der Waals surface area contributed by atoms with Crippen LogP contribution in [0.5, 0.6) is 0 Å². The van der Waals surface area contributed by atoms with Crippen molar-refractivity contribution in [2.45, 2.75) is 62.8 Å². The van der Waals surface area contributed by atoms with E-state index in [1.165, 1.54) is 0 Å². The smallest absolute Gasteiger partial charge is 0.303 e. The second-order valence-electron chi connectivity index (χ2n) is 7.03. The SMILES string of the molecule is O=C(O)C[C@H]1CCC(=O)[C@@H]1C/C=C\CCO[C@H]1O[C@@H](CO)[C@H](O)[C@@H](O)[C@@H]1O. The van der Waals surface area contributed by atoms with Crippen LogP contribution in [-0.2, 0) is 19.1 Å². The van der Waals surface area contributed by atoms with Crippen LogP contribution in [0.1, 0.15) is 32.1 Å². The third-order valence-corrected chi connectivity index (χ3v) is 5.15. The van der Waals surface area contributed by atoms with Crippen LogP contribution in [0.3, 0.4) is 0 Å². The van der Waals surface area contributed by atoms with Gasteiger partial charge >= 0.3 is 5.97 Å². The van der Waals surface area contributed by atoms with Crippen molar-refractivity contribution in [2.75, 3.05) is 13.2 Å². The van der Waals surface area contributed by atoms with Gasteiger partial charge in [-0.2, -0.15) is 0 Å². The lowest BCUT2D eigenvalue weighted by Crippen LogP contribution is -2.59. The van der Waals surface area contributed by atoms with E-state index >= 15 is 0 Å². The molecule has 2 rings (SSSR count). The Kier molecular flexibility index (Phi) is 8.33. The van der Waals surface area contributed by atoms with Crippen molar-refractivity contribution in [3.63, 3.8) is 0 Å². The number of Topliss-reactive ketones (excluding diaryl/α,β-unsaturated/α-hetero) is 1. The van der Waals surface area contributed by atoms with Crippen LogP contribution < -0.4 is 0 Å². The summed E-state index contributed by atoms with van der Waals surface area (Å²) in [5.41, 5.74) is 0. The van der Waals surface area contributed by atoms with E-state index in [4.69, 9.17) is 19.7 Å². The maximum Gasteiger partial charge on any atom is 0.303 e. The molecule has 0 aromatic heterocycles. The van der Waals surface area contributed by atoms with Gasteiger partial charge < -0.3 is 35.0 Å². The number of hydrogen-bond acceptors (Lipinski definition) is 8. The first-order chi connectivity index (χ1) is 12.8. The normalized spacial score (nSPS) is 37.2. The van der Waals surface area contributed by atoms with Gasteiger partial charge in [-0.05, 0) is 25.2 Å². The molecule has 7 atom stereocenters. The zero-order valence-electron chi connectivity index (χ0n) is 15.0. The third-order valence-electron chi connectivity index (χ3n) is 5.15. The van der Waals surface area contributed by atoms with Crippen molar-refractivity contribution in [1.29, 1.82) is 0 Å². The lowest BCUT2D eigenvalue weighted by Gasteiger charge is -2.39. The molecule has 1 aliphatic carbocycles. The molecule has 0 unspecified atom stereocenters. The summed E-state index contributed by atoms with van der Waals surface area (Å²) in [7, 11) is 0. The fourth-order valence-electron chi connectivity index (χ4n) is 3.59. The Morgan fingerprint density at radius 1 is 1.19 bits per heavy atom. The molecule has 9 nitrogen and oxygen atoms in total. The van der Waals surface area contributed by atoms with Crippen LogP contribution in [0.15, 0.2) is 12.2 Å². The van der Waals surface area contributed by atoms with Crippen molar-refractivity contribution in [3.8, 4) is 0 Å². The van der Waals surface area contributed by atoms with Crippen molar-refractivity contribution < 1.29 is 44.6 Å². The standard InChI is InChI=1S/C18H28O9/c19-9-13-15(23)16(24)17(25)18(27-13)26-7-3-1-2-4-11-10(8-14(21)22)5-6-12(11)20/h1-2,10-11,13,15-19,23-25H,3-9H2,(H,21,22)/b2-1-/t10-,11-,13+,15+,16-,17+,18+/m1/s1. The highest BCUT2D eigenvalue weighted by Crippen LogP contribution is 2.34. The molecule has 0 aromatic carbocycles. The number of aliphatic carboxylic acids is 1. The van der Waals surface area contributed by atoms with Crippen molar-refractivity contribution in [1.82, 2.24) is 0 Å². The lowest BCUT2D eigenvalue weighted by molar-refractivity contribution is -0.300. The Balaban J connectivity index is 1.73. The number of rotatable bonds is 9. The van der Waals surface area contributed by atoms with Gasteiger partial charge in [0.2, 0.25) is 0 Å². The number of aliphatic hydroxyl groups is 4. The number of carboxylic acid groups (broad SMARTS) is 1. The largest absolute Gasteiger partial charge is 0.481 e. The summed E-state index contributed by atoms with van der Waals surface area (Å²) < 4.78 is 10.6. The van der Waals surface area contributed by atoms with Crippen LogP contribution in [-0.4, -0.2) is 81.2 Å². The minimum absolute atomic E-state index is 0.00443. The average Bonchev–Trinajstić information content (AvgIpc) is 2.96. The summed E-state index contributed by atoms with van der Waals surface area (Å²) in [6.07, 6.45) is -0.898. The van der Waals surface area contributed by atoms with Gasteiger partial charge in [-0.15, -0.1) is 0 Å². The van der Waals surface area contributed by atoms with E-state index in [1.807, 2.05) is 6.08 Å². The van der Waals surface area contributed by atoms with Gasteiger partial charge in [0.05, 0.1) is 13.2 Å². The first-order valence-electron chi connectivity index (χ1n) is 9.16. The Bertz CT molecular complexity index is 533.